The first-order chi connectivity index (χ1) is 8.56. The maximum atomic E-state index is 9.46. The third kappa shape index (κ3) is 5.89. The molecule has 0 aromatic carbocycles. The van der Waals surface area contributed by atoms with Crippen molar-refractivity contribution in [3.05, 3.63) is 12.4 Å². The van der Waals surface area contributed by atoms with Crippen molar-refractivity contribution < 1.29 is 5.11 Å². The molecule has 1 aromatic rings. The van der Waals surface area contributed by atoms with Crippen molar-refractivity contribution >= 4 is 11.8 Å². The summed E-state index contributed by atoms with van der Waals surface area (Å²) in [6.45, 7) is 6.50. The maximum absolute atomic E-state index is 9.46. The molecular formula is C13H25N3OS. The molecule has 1 atom stereocenters. The van der Waals surface area contributed by atoms with Crippen LogP contribution in [0, 0.1) is 0 Å². The van der Waals surface area contributed by atoms with E-state index in [1.165, 1.54) is 0 Å². The smallest absolute Gasteiger partial charge is 0.165 e. The van der Waals surface area contributed by atoms with Crippen LogP contribution in [-0.4, -0.2) is 39.0 Å². The van der Waals surface area contributed by atoms with Gasteiger partial charge in [-0.3, -0.25) is 0 Å². The quantitative estimate of drug-likeness (QED) is 0.477. The van der Waals surface area contributed by atoms with Gasteiger partial charge in [0.25, 0.3) is 0 Å². The van der Waals surface area contributed by atoms with Gasteiger partial charge in [-0.2, -0.15) is 0 Å². The highest BCUT2D eigenvalue weighted by molar-refractivity contribution is 7.99. The molecule has 0 bridgehead atoms. The molecule has 0 radical (unpaired) electrons. The molecular weight excluding hydrogens is 246 g/mol. The van der Waals surface area contributed by atoms with Crippen LogP contribution in [0.15, 0.2) is 17.6 Å². The van der Waals surface area contributed by atoms with Crippen molar-refractivity contribution in [3.8, 4) is 0 Å². The Balaban J connectivity index is 2.15. The van der Waals surface area contributed by atoms with E-state index in [9.17, 15) is 5.11 Å². The Morgan fingerprint density at radius 1 is 1.50 bits per heavy atom. The molecule has 5 heteroatoms. The van der Waals surface area contributed by atoms with Gasteiger partial charge in [0, 0.05) is 29.7 Å². The van der Waals surface area contributed by atoms with E-state index in [0.29, 0.717) is 6.04 Å². The van der Waals surface area contributed by atoms with Gasteiger partial charge < -0.3 is 15.4 Å². The predicted octanol–water partition coefficient (Wildman–Crippen LogP) is 2.42. The lowest BCUT2D eigenvalue weighted by Gasteiger charge is -2.31. The molecule has 0 amide bonds. The monoisotopic (exact) mass is 271 g/mol. The Morgan fingerprint density at radius 3 is 2.83 bits per heavy atom. The summed E-state index contributed by atoms with van der Waals surface area (Å²) < 4.78 is 0. The van der Waals surface area contributed by atoms with E-state index >= 15 is 0 Å². The molecule has 0 aliphatic carbocycles. The van der Waals surface area contributed by atoms with Crippen LogP contribution in [-0.2, 0) is 0 Å². The number of aromatic nitrogens is 2. The van der Waals surface area contributed by atoms with Crippen LogP contribution in [0.1, 0.15) is 40.0 Å². The number of hydrogen-bond acceptors (Lipinski definition) is 4. The van der Waals surface area contributed by atoms with Crippen molar-refractivity contribution in [1.29, 1.82) is 0 Å². The van der Waals surface area contributed by atoms with Crippen molar-refractivity contribution in [1.82, 2.24) is 15.3 Å². The van der Waals surface area contributed by atoms with E-state index in [1.807, 2.05) is 6.20 Å². The molecule has 1 aromatic heterocycles. The summed E-state index contributed by atoms with van der Waals surface area (Å²) in [6, 6.07) is 0.402. The van der Waals surface area contributed by atoms with Crippen LogP contribution in [0.3, 0.4) is 0 Å². The Morgan fingerprint density at radius 2 is 2.28 bits per heavy atom. The molecule has 0 saturated heterocycles. The minimum absolute atomic E-state index is 0.149. The average molecular weight is 271 g/mol. The fraction of sp³-hybridized carbons (Fsp3) is 0.769. The molecule has 0 aliphatic rings. The summed E-state index contributed by atoms with van der Waals surface area (Å²) in [7, 11) is 0. The Kier molecular flexibility index (Phi) is 6.75. The minimum Gasteiger partial charge on any atom is -0.394 e. The number of nitrogens with zero attached hydrogens (tertiary/aromatic N) is 1. The first-order valence-electron chi connectivity index (χ1n) is 6.56. The van der Waals surface area contributed by atoms with Gasteiger partial charge in [0.15, 0.2) is 5.16 Å². The van der Waals surface area contributed by atoms with Gasteiger partial charge in [-0.25, -0.2) is 4.98 Å². The van der Waals surface area contributed by atoms with Gasteiger partial charge in [0.1, 0.15) is 0 Å². The number of unbranched alkanes of at least 4 members (excludes halogenated alkanes) is 1. The molecule has 18 heavy (non-hydrogen) atoms. The maximum Gasteiger partial charge on any atom is 0.165 e. The molecule has 104 valence electrons. The molecule has 0 fully saturated rings. The topological polar surface area (TPSA) is 60.9 Å². The van der Waals surface area contributed by atoms with E-state index < -0.39 is 0 Å². The van der Waals surface area contributed by atoms with Gasteiger partial charge in [-0.05, 0) is 19.8 Å². The summed E-state index contributed by atoms with van der Waals surface area (Å²) in [4.78, 5) is 7.25. The second-order valence-corrected chi connectivity index (χ2v) is 6.30. The number of aromatic amines is 1. The third-order valence-corrected chi connectivity index (χ3v) is 3.81. The lowest BCUT2D eigenvalue weighted by Crippen LogP contribution is -2.49. The van der Waals surface area contributed by atoms with Crippen molar-refractivity contribution in [2.45, 2.75) is 56.8 Å². The van der Waals surface area contributed by atoms with Crippen LogP contribution in [0.2, 0.25) is 0 Å². The first kappa shape index (κ1) is 15.5. The number of thioether (sulfide) groups is 1. The highest BCUT2D eigenvalue weighted by atomic mass is 32.2. The Bertz CT molecular complexity index is 316. The van der Waals surface area contributed by atoms with Crippen molar-refractivity contribution in [2.75, 3.05) is 12.4 Å². The number of aliphatic hydroxyl groups excluding tert-OH is 1. The number of nitrogens with one attached hydrogen (secondary N) is 2. The summed E-state index contributed by atoms with van der Waals surface area (Å²) >= 11 is 1.75. The normalized spacial score (nSPS) is 14.9. The summed E-state index contributed by atoms with van der Waals surface area (Å²) in [6.07, 6.45) is 6.88. The predicted molar refractivity (Wildman–Crippen MR) is 76.9 cm³/mol. The van der Waals surface area contributed by atoms with E-state index in [0.717, 1.165) is 30.2 Å². The minimum atomic E-state index is -0.149. The van der Waals surface area contributed by atoms with Gasteiger partial charge in [-0.15, -0.1) is 0 Å². The van der Waals surface area contributed by atoms with Gasteiger partial charge in [-0.1, -0.05) is 32.0 Å². The third-order valence-electron chi connectivity index (χ3n) is 2.82. The molecule has 0 saturated carbocycles. The number of hydrogen-bond donors (Lipinski definition) is 3. The van der Waals surface area contributed by atoms with Crippen LogP contribution in [0.25, 0.3) is 0 Å². The van der Waals surface area contributed by atoms with E-state index in [4.69, 9.17) is 0 Å². The van der Waals surface area contributed by atoms with Gasteiger partial charge in [0.2, 0.25) is 0 Å². The molecule has 1 heterocycles. The molecule has 1 rings (SSSR count). The molecule has 0 spiro atoms. The number of aliphatic hydroxyl groups is 1. The Hall–Kier alpha value is -0.520. The highest BCUT2D eigenvalue weighted by Gasteiger charge is 2.22. The van der Waals surface area contributed by atoms with Crippen LogP contribution in [0.5, 0.6) is 0 Å². The SMILES string of the molecule is CC(C)NC(C)(CO)CCCCSc1ncc[nH]1. The second-order valence-electron chi connectivity index (χ2n) is 5.22. The lowest BCUT2D eigenvalue weighted by atomic mass is 9.95. The van der Waals surface area contributed by atoms with Crippen LogP contribution >= 0.6 is 11.8 Å². The van der Waals surface area contributed by atoms with Crippen molar-refractivity contribution in [2.24, 2.45) is 0 Å². The molecule has 0 aliphatic heterocycles. The number of imidazole rings is 1. The zero-order valence-corrected chi connectivity index (χ0v) is 12.4. The summed E-state index contributed by atoms with van der Waals surface area (Å²) in [5, 5.41) is 13.9. The van der Waals surface area contributed by atoms with Crippen LogP contribution < -0.4 is 5.32 Å². The highest BCUT2D eigenvalue weighted by Crippen LogP contribution is 2.18. The fourth-order valence-electron chi connectivity index (χ4n) is 2.01. The van der Waals surface area contributed by atoms with E-state index in [1.54, 1.807) is 18.0 Å². The molecule has 1 unspecified atom stereocenters. The van der Waals surface area contributed by atoms with Crippen LogP contribution in [0.4, 0.5) is 0 Å². The van der Waals surface area contributed by atoms with Gasteiger partial charge >= 0.3 is 0 Å². The molecule has 3 N–H and O–H groups in total. The molecule has 4 nitrogen and oxygen atoms in total. The summed E-state index contributed by atoms with van der Waals surface area (Å²) in [5.74, 6) is 1.07. The zero-order chi connectivity index (χ0) is 13.4. The Labute approximate surface area is 114 Å². The largest absolute Gasteiger partial charge is 0.394 e. The first-order valence-corrected chi connectivity index (χ1v) is 7.55. The standard InChI is InChI=1S/C13H25N3OS/c1-11(2)16-13(3,10-17)6-4-5-9-18-12-14-7-8-15-12/h7-8,11,16-17H,4-6,9-10H2,1-3H3,(H,14,15). The second kappa shape index (κ2) is 7.81. The average Bonchev–Trinajstić information content (AvgIpc) is 2.80. The van der Waals surface area contributed by atoms with Gasteiger partial charge in [0.05, 0.1) is 6.61 Å². The zero-order valence-electron chi connectivity index (χ0n) is 11.6. The lowest BCUT2D eigenvalue weighted by molar-refractivity contribution is 0.154. The van der Waals surface area contributed by atoms with Crippen molar-refractivity contribution in [3.63, 3.8) is 0 Å². The van der Waals surface area contributed by atoms with E-state index in [-0.39, 0.29) is 12.1 Å². The summed E-state index contributed by atoms with van der Waals surface area (Å²) in [5.41, 5.74) is -0.149. The number of H-pyrrole nitrogens is 1. The fourth-order valence-corrected chi connectivity index (χ4v) is 2.84. The van der Waals surface area contributed by atoms with E-state index in [2.05, 4.69) is 36.1 Å². The number of rotatable bonds is 9.